The zero-order valence-corrected chi connectivity index (χ0v) is 12.0. The molecule has 0 saturated heterocycles. The van der Waals surface area contributed by atoms with Crippen LogP contribution in [0.5, 0.6) is 5.75 Å². The first-order chi connectivity index (χ1) is 9.38. The number of ether oxygens (including phenoxy) is 1. The summed E-state index contributed by atoms with van der Waals surface area (Å²) in [5.74, 6) is 3.26. The molecule has 0 aliphatic carbocycles. The van der Waals surface area contributed by atoms with Crippen molar-refractivity contribution < 1.29 is 4.74 Å². The van der Waals surface area contributed by atoms with Gasteiger partial charge in [-0.3, -0.25) is 0 Å². The zero-order valence-electron chi connectivity index (χ0n) is 11.2. The number of benzene rings is 2. The maximum Gasteiger partial charge on any atom is 0.148 e. The lowest BCUT2D eigenvalue weighted by Gasteiger charge is -2.06. The van der Waals surface area contributed by atoms with Crippen LogP contribution in [0.3, 0.4) is 0 Å². The normalized spacial score (nSPS) is 9.35. The maximum absolute atomic E-state index is 5.33. The van der Waals surface area contributed by atoms with Crippen molar-refractivity contribution in [2.45, 2.75) is 13.1 Å². The van der Waals surface area contributed by atoms with Crippen LogP contribution in [0.2, 0.25) is 0 Å². The van der Waals surface area contributed by atoms with Crippen molar-refractivity contribution in [2.75, 3.05) is 6.61 Å². The number of hydrogen-bond acceptors (Lipinski definition) is 2. The van der Waals surface area contributed by atoms with E-state index in [2.05, 4.69) is 35.5 Å². The molecule has 0 aliphatic heterocycles. The van der Waals surface area contributed by atoms with E-state index < -0.39 is 0 Å². The van der Waals surface area contributed by atoms with Gasteiger partial charge in [-0.2, -0.15) is 0 Å². The second-order valence-corrected chi connectivity index (χ2v) is 4.23. The zero-order chi connectivity index (χ0) is 13.3. The van der Waals surface area contributed by atoms with Crippen molar-refractivity contribution >= 4 is 12.4 Å². The van der Waals surface area contributed by atoms with E-state index in [9.17, 15) is 0 Å². The first-order valence-electron chi connectivity index (χ1n) is 6.28. The average molecular weight is 288 g/mol. The van der Waals surface area contributed by atoms with Crippen molar-refractivity contribution in [3.05, 3.63) is 65.7 Å². The van der Waals surface area contributed by atoms with Gasteiger partial charge in [0.1, 0.15) is 12.4 Å². The van der Waals surface area contributed by atoms with Crippen molar-refractivity contribution in [3.8, 4) is 18.1 Å². The molecule has 104 valence electrons. The number of rotatable bonds is 6. The van der Waals surface area contributed by atoms with Gasteiger partial charge in [0.2, 0.25) is 0 Å². The standard InChI is InChI=1S/C17H17NO.ClH/c1-2-12-19-17-10-8-16(9-11-17)14-18-13-15-6-4-3-5-7-15;/h1,3-11,18H,12-14H2;1H. The third-order valence-corrected chi connectivity index (χ3v) is 2.75. The summed E-state index contributed by atoms with van der Waals surface area (Å²) in [5.41, 5.74) is 2.51. The van der Waals surface area contributed by atoms with Gasteiger partial charge in [0.15, 0.2) is 0 Å². The lowest BCUT2D eigenvalue weighted by Crippen LogP contribution is -2.12. The molecular formula is C17H18ClNO. The van der Waals surface area contributed by atoms with E-state index in [1.165, 1.54) is 11.1 Å². The lowest BCUT2D eigenvalue weighted by molar-refractivity contribution is 0.370. The molecule has 0 amide bonds. The minimum atomic E-state index is 0. The molecule has 3 heteroatoms. The molecule has 2 rings (SSSR count). The van der Waals surface area contributed by atoms with Gasteiger partial charge in [-0.15, -0.1) is 18.8 Å². The van der Waals surface area contributed by atoms with E-state index in [0.29, 0.717) is 6.61 Å². The van der Waals surface area contributed by atoms with Crippen LogP contribution in [0, 0.1) is 12.3 Å². The molecule has 0 atom stereocenters. The van der Waals surface area contributed by atoms with E-state index >= 15 is 0 Å². The second-order valence-electron chi connectivity index (χ2n) is 4.23. The van der Waals surface area contributed by atoms with Gasteiger partial charge >= 0.3 is 0 Å². The van der Waals surface area contributed by atoms with Gasteiger partial charge in [0.05, 0.1) is 0 Å². The Bertz CT molecular complexity index is 531. The first kappa shape index (κ1) is 16.1. The van der Waals surface area contributed by atoms with Crippen molar-refractivity contribution in [3.63, 3.8) is 0 Å². The predicted octanol–water partition coefficient (Wildman–Crippen LogP) is 3.41. The van der Waals surface area contributed by atoms with Crippen LogP contribution in [0.25, 0.3) is 0 Å². The Kier molecular flexibility index (Phi) is 7.27. The molecule has 2 aromatic carbocycles. The molecule has 0 radical (unpaired) electrons. The summed E-state index contributed by atoms with van der Waals surface area (Å²) in [4.78, 5) is 0. The molecular weight excluding hydrogens is 270 g/mol. The molecule has 0 unspecified atom stereocenters. The monoisotopic (exact) mass is 287 g/mol. The minimum absolute atomic E-state index is 0. The largest absolute Gasteiger partial charge is 0.481 e. The Balaban J connectivity index is 0.00000200. The molecule has 0 fully saturated rings. The highest BCUT2D eigenvalue weighted by Gasteiger charge is 1.96. The fourth-order valence-electron chi connectivity index (χ4n) is 1.78. The molecule has 0 bridgehead atoms. The van der Waals surface area contributed by atoms with Gasteiger partial charge in [0.25, 0.3) is 0 Å². The third-order valence-electron chi connectivity index (χ3n) is 2.75. The Morgan fingerprint density at radius 1 is 0.900 bits per heavy atom. The predicted molar refractivity (Wildman–Crippen MR) is 85.0 cm³/mol. The molecule has 1 N–H and O–H groups in total. The number of halogens is 1. The fourth-order valence-corrected chi connectivity index (χ4v) is 1.78. The van der Waals surface area contributed by atoms with E-state index in [4.69, 9.17) is 11.2 Å². The van der Waals surface area contributed by atoms with Crippen LogP contribution in [0.4, 0.5) is 0 Å². The fraction of sp³-hybridized carbons (Fsp3) is 0.176. The summed E-state index contributed by atoms with van der Waals surface area (Å²) in [6.07, 6.45) is 5.14. The summed E-state index contributed by atoms with van der Waals surface area (Å²) in [6.45, 7) is 2.02. The highest BCUT2D eigenvalue weighted by molar-refractivity contribution is 5.85. The summed E-state index contributed by atoms with van der Waals surface area (Å²) in [5, 5.41) is 3.41. The van der Waals surface area contributed by atoms with E-state index in [1.54, 1.807) is 0 Å². The molecule has 0 aliphatic rings. The van der Waals surface area contributed by atoms with Crippen LogP contribution in [0.15, 0.2) is 54.6 Å². The second kappa shape index (κ2) is 9.03. The third kappa shape index (κ3) is 5.36. The van der Waals surface area contributed by atoms with Gasteiger partial charge in [-0.25, -0.2) is 0 Å². The summed E-state index contributed by atoms with van der Waals surface area (Å²) in [6, 6.07) is 18.3. The van der Waals surface area contributed by atoms with Gasteiger partial charge < -0.3 is 10.1 Å². The van der Waals surface area contributed by atoms with Crippen LogP contribution >= 0.6 is 12.4 Å². The van der Waals surface area contributed by atoms with Gasteiger partial charge in [0, 0.05) is 13.1 Å². The molecule has 2 nitrogen and oxygen atoms in total. The molecule has 0 heterocycles. The average Bonchev–Trinajstić information content (AvgIpc) is 2.47. The van der Waals surface area contributed by atoms with E-state index in [0.717, 1.165) is 18.8 Å². The Morgan fingerprint density at radius 2 is 1.50 bits per heavy atom. The summed E-state index contributed by atoms with van der Waals surface area (Å²) >= 11 is 0. The first-order valence-corrected chi connectivity index (χ1v) is 6.28. The number of nitrogens with one attached hydrogen (secondary N) is 1. The van der Waals surface area contributed by atoms with Gasteiger partial charge in [-0.1, -0.05) is 48.4 Å². The Morgan fingerprint density at radius 3 is 2.10 bits per heavy atom. The van der Waals surface area contributed by atoms with Crippen molar-refractivity contribution in [2.24, 2.45) is 0 Å². The summed E-state index contributed by atoms with van der Waals surface area (Å²) < 4.78 is 5.33. The van der Waals surface area contributed by atoms with E-state index in [-0.39, 0.29) is 12.4 Å². The van der Waals surface area contributed by atoms with Crippen molar-refractivity contribution in [1.82, 2.24) is 5.32 Å². The van der Waals surface area contributed by atoms with Crippen molar-refractivity contribution in [1.29, 1.82) is 0 Å². The molecule has 20 heavy (non-hydrogen) atoms. The van der Waals surface area contributed by atoms with Crippen LogP contribution in [0.1, 0.15) is 11.1 Å². The minimum Gasteiger partial charge on any atom is -0.481 e. The van der Waals surface area contributed by atoms with Crippen LogP contribution in [-0.2, 0) is 13.1 Å². The highest BCUT2D eigenvalue weighted by atomic mass is 35.5. The highest BCUT2D eigenvalue weighted by Crippen LogP contribution is 2.12. The number of terminal acetylenes is 1. The molecule has 0 spiro atoms. The topological polar surface area (TPSA) is 21.3 Å². The number of hydrogen-bond donors (Lipinski definition) is 1. The lowest BCUT2D eigenvalue weighted by atomic mass is 10.2. The smallest absolute Gasteiger partial charge is 0.148 e. The SMILES string of the molecule is C#CCOc1ccc(CNCc2ccccc2)cc1.Cl. The quantitative estimate of drug-likeness (QED) is 0.822. The maximum atomic E-state index is 5.33. The summed E-state index contributed by atoms with van der Waals surface area (Å²) in [7, 11) is 0. The van der Waals surface area contributed by atoms with E-state index in [1.807, 2.05) is 30.3 Å². The molecule has 0 saturated carbocycles. The van der Waals surface area contributed by atoms with Crippen LogP contribution in [-0.4, -0.2) is 6.61 Å². The molecule has 2 aromatic rings. The molecule has 0 aromatic heterocycles. The Labute approximate surface area is 126 Å². The Hall–Kier alpha value is -1.95. The van der Waals surface area contributed by atoms with Crippen LogP contribution < -0.4 is 10.1 Å². The van der Waals surface area contributed by atoms with Gasteiger partial charge in [-0.05, 0) is 23.3 Å².